The van der Waals surface area contributed by atoms with E-state index in [0.717, 1.165) is 0 Å². The largest absolute Gasteiger partial charge is 0.330 e. The number of rotatable bonds is 4. The van der Waals surface area contributed by atoms with Gasteiger partial charge in [0, 0.05) is 24.4 Å². The Kier molecular flexibility index (Phi) is 7.44. The van der Waals surface area contributed by atoms with E-state index in [1.54, 1.807) is 25.1 Å². The van der Waals surface area contributed by atoms with E-state index in [9.17, 15) is 9.59 Å². The predicted octanol–water partition coefficient (Wildman–Crippen LogP) is 2.25. The van der Waals surface area contributed by atoms with Gasteiger partial charge in [-0.2, -0.15) is 0 Å². The van der Waals surface area contributed by atoms with Gasteiger partial charge in [-0.3, -0.25) is 9.59 Å². The summed E-state index contributed by atoms with van der Waals surface area (Å²) < 4.78 is 0. The molecule has 106 valence electrons. The van der Waals surface area contributed by atoms with Gasteiger partial charge in [0.25, 0.3) is 0 Å². The molecule has 2 amide bonds. The van der Waals surface area contributed by atoms with E-state index in [1.165, 1.54) is 6.92 Å². The monoisotopic (exact) mass is 305 g/mol. The van der Waals surface area contributed by atoms with Gasteiger partial charge >= 0.3 is 0 Å². The zero-order chi connectivity index (χ0) is 13.7. The van der Waals surface area contributed by atoms with E-state index >= 15 is 0 Å². The summed E-state index contributed by atoms with van der Waals surface area (Å²) in [6.45, 7) is 3.36. The van der Waals surface area contributed by atoms with Crippen LogP contribution in [0.1, 0.15) is 13.8 Å². The highest BCUT2D eigenvalue weighted by molar-refractivity contribution is 6.31. The first-order valence-corrected chi connectivity index (χ1v) is 5.90. The minimum atomic E-state index is -0.311. The van der Waals surface area contributed by atoms with Crippen LogP contribution in [0, 0.1) is 5.92 Å². The van der Waals surface area contributed by atoms with Gasteiger partial charge in [0.1, 0.15) is 0 Å². The Labute approximate surface area is 123 Å². The van der Waals surface area contributed by atoms with Crippen LogP contribution in [-0.4, -0.2) is 18.4 Å². The molecule has 0 aromatic heterocycles. The third kappa shape index (κ3) is 5.46. The average molecular weight is 306 g/mol. The molecule has 7 heteroatoms. The first-order chi connectivity index (χ1) is 8.43. The fourth-order valence-corrected chi connectivity index (χ4v) is 1.45. The second-order valence-electron chi connectivity index (χ2n) is 4.00. The summed E-state index contributed by atoms with van der Waals surface area (Å²) in [5.41, 5.74) is 6.38. The molecule has 1 aromatic carbocycles. The maximum atomic E-state index is 11.7. The molecule has 1 aromatic rings. The second kappa shape index (κ2) is 7.99. The van der Waals surface area contributed by atoms with Crippen molar-refractivity contribution in [3.63, 3.8) is 0 Å². The van der Waals surface area contributed by atoms with Gasteiger partial charge in [0.05, 0.1) is 11.4 Å². The Morgan fingerprint density at radius 3 is 2.47 bits per heavy atom. The van der Waals surface area contributed by atoms with Crippen LogP contribution >= 0.6 is 24.0 Å². The van der Waals surface area contributed by atoms with Gasteiger partial charge in [-0.15, -0.1) is 12.4 Å². The molecular formula is C12H17Cl2N3O2. The third-order valence-electron chi connectivity index (χ3n) is 2.35. The quantitative estimate of drug-likeness (QED) is 0.797. The smallest absolute Gasteiger partial charge is 0.228 e. The summed E-state index contributed by atoms with van der Waals surface area (Å²) in [6, 6.07) is 4.84. The number of nitrogens with two attached hydrogens (primary N) is 1. The van der Waals surface area contributed by atoms with Crippen molar-refractivity contribution < 1.29 is 9.59 Å². The van der Waals surface area contributed by atoms with Crippen molar-refractivity contribution in [3.8, 4) is 0 Å². The number of hydrogen-bond donors (Lipinski definition) is 3. The maximum absolute atomic E-state index is 11.7. The highest BCUT2D eigenvalue weighted by Gasteiger charge is 2.13. The third-order valence-corrected chi connectivity index (χ3v) is 2.59. The van der Waals surface area contributed by atoms with E-state index in [0.29, 0.717) is 16.4 Å². The predicted molar refractivity (Wildman–Crippen MR) is 79.9 cm³/mol. The number of carbonyl (C=O) groups excluding carboxylic acids is 2. The molecule has 0 aliphatic heterocycles. The van der Waals surface area contributed by atoms with Crippen molar-refractivity contribution in [3.05, 3.63) is 23.2 Å². The standard InChI is InChI=1S/C12H16ClN3O2.ClH/c1-7(6-14)12(18)16-11-5-9(13)3-4-10(11)15-8(2)17;/h3-5,7H,6,14H2,1-2H3,(H,15,17)(H,16,18);1H. The Hall–Kier alpha value is -1.30. The molecule has 1 unspecified atom stereocenters. The second-order valence-corrected chi connectivity index (χ2v) is 4.43. The molecule has 0 fully saturated rings. The van der Waals surface area contributed by atoms with Crippen molar-refractivity contribution in [1.82, 2.24) is 0 Å². The molecule has 0 bridgehead atoms. The van der Waals surface area contributed by atoms with Crippen LogP contribution in [-0.2, 0) is 9.59 Å². The number of carbonyl (C=O) groups is 2. The van der Waals surface area contributed by atoms with Gasteiger partial charge in [-0.25, -0.2) is 0 Å². The molecule has 0 aliphatic carbocycles. The zero-order valence-electron chi connectivity index (χ0n) is 10.7. The van der Waals surface area contributed by atoms with Gasteiger partial charge in [-0.05, 0) is 18.2 Å². The van der Waals surface area contributed by atoms with E-state index in [4.69, 9.17) is 17.3 Å². The molecule has 0 saturated carbocycles. The molecule has 1 atom stereocenters. The minimum absolute atomic E-state index is 0. The molecule has 19 heavy (non-hydrogen) atoms. The van der Waals surface area contributed by atoms with Crippen LogP contribution in [0.5, 0.6) is 0 Å². The van der Waals surface area contributed by atoms with Crippen LogP contribution in [0.3, 0.4) is 0 Å². The Morgan fingerprint density at radius 2 is 1.95 bits per heavy atom. The molecule has 0 radical (unpaired) electrons. The van der Waals surface area contributed by atoms with E-state index in [1.807, 2.05) is 0 Å². The van der Waals surface area contributed by atoms with Crippen LogP contribution < -0.4 is 16.4 Å². The summed E-state index contributed by atoms with van der Waals surface area (Å²) in [4.78, 5) is 22.8. The molecular weight excluding hydrogens is 289 g/mol. The Balaban J connectivity index is 0.00000324. The fraction of sp³-hybridized carbons (Fsp3) is 0.333. The first-order valence-electron chi connectivity index (χ1n) is 5.52. The topological polar surface area (TPSA) is 84.2 Å². The molecule has 0 spiro atoms. The van der Waals surface area contributed by atoms with Crippen LogP contribution in [0.4, 0.5) is 11.4 Å². The average Bonchev–Trinajstić information content (AvgIpc) is 2.31. The van der Waals surface area contributed by atoms with Crippen molar-refractivity contribution in [2.75, 3.05) is 17.2 Å². The number of hydrogen-bond acceptors (Lipinski definition) is 3. The summed E-state index contributed by atoms with van der Waals surface area (Å²) in [5.74, 6) is -0.750. The summed E-state index contributed by atoms with van der Waals surface area (Å²) in [5, 5.41) is 5.78. The van der Waals surface area contributed by atoms with Gasteiger partial charge in [0.15, 0.2) is 0 Å². The fourth-order valence-electron chi connectivity index (χ4n) is 1.28. The number of halogens is 2. The summed E-state index contributed by atoms with van der Waals surface area (Å²) in [7, 11) is 0. The highest BCUT2D eigenvalue weighted by atomic mass is 35.5. The van der Waals surface area contributed by atoms with Crippen LogP contribution in [0.2, 0.25) is 5.02 Å². The van der Waals surface area contributed by atoms with Gasteiger partial charge in [0.2, 0.25) is 11.8 Å². The lowest BCUT2D eigenvalue weighted by Crippen LogP contribution is -2.27. The number of amides is 2. The van der Waals surface area contributed by atoms with E-state index < -0.39 is 0 Å². The highest BCUT2D eigenvalue weighted by Crippen LogP contribution is 2.26. The van der Waals surface area contributed by atoms with Crippen molar-refractivity contribution in [2.45, 2.75) is 13.8 Å². The molecule has 1 rings (SSSR count). The normalized spacial score (nSPS) is 11.2. The first kappa shape index (κ1) is 17.7. The minimum Gasteiger partial charge on any atom is -0.330 e. The van der Waals surface area contributed by atoms with Crippen LogP contribution in [0.25, 0.3) is 0 Å². The Morgan fingerprint density at radius 1 is 1.32 bits per heavy atom. The van der Waals surface area contributed by atoms with Crippen LogP contribution in [0.15, 0.2) is 18.2 Å². The SMILES string of the molecule is CC(=O)Nc1ccc(Cl)cc1NC(=O)C(C)CN.Cl. The number of anilines is 2. The van der Waals surface area contributed by atoms with E-state index in [-0.39, 0.29) is 36.7 Å². The zero-order valence-corrected chi connectivity index (χ0v) is 12.3. The Bertz CT molecular complexity index is 466. The molecule has 5 nitrogen and oxygen atoms in total. The molecule has 0 aliphatic rings. The van der Waals surface area contributed by atoms with Crippen molar-refractivity contribution >= 4 is 47.2 Å². The van der Waals surface area contributed by atoms with Gasteiger partial charge < -0.3 is 16.4 Å². The maximum Gasteiger partial charge on any atom is 0.228 e. The van der Waals surface area contributed by atoms with Crippen molar-refractivity contribution in [2.24, 2.45) is 11.7 Å². The van der Waals surface area contributed by atoms with Gasteiger partial charge in [-0.1, -0.05) is 18.5 Å². The molecule has 4 N–H and O–H groups in total. The lowest BCUT2D eigenvalue weighted by molar-refractivity contribution is -0.119. The number of benzene rings is 1. The number of nitrogens with one attached hydrogen (secondary N) is 2. The van der Waals surface area contributed by atoms with E-state index in [2.05, 4.69) is 10.6 Å². The molecule has 0 saturated heterocycles. The summed E-state index contributed by atoms with van der Waals surface area (Å²) >= 11 is 5.86. The molecule has 0 heterocycles. The lowest BCUT2D eigenvalue weighted by Gasteiger charge is -2.14. The lowest BCUT2D eigenvalue weighted by atomic mass is 10.1. The summed E-state index contributed by atoms with van der Waals surface area (Å²) in [6.07, 6.45) is 0. The van der Waals surface area contributed by atoms with Crippen molar-refractivity contribution in [1.29, 1.82) is 0 Å².